The molecule has 0 atom stereocenters. The number of aryl methyl sites for hydroxylation is 2. The molecule has 3 heterocycles. The van der Waals surface area contributed by atoms with Gasteiger partial charge in [0.15, 0.2) is 6.79 Å². The van der Waals surface area contributed by atoms with Crippen LogP contribution in [0.3, 0.4) is 0 Å². The van der Waals surface area contributed by atoms with Crippen molar-refractivity contribution in [2.24, 2.45) is 0 Å². The first kappa shape index (κ1) is 17.7. The van der Waals surface area contributed by atoms with Crippen molar-refractivity contribution in [2.45, 2.75) is 33.5 Å². The van der Waals surface area contributed by atoms with E-state index < -0.39 is 0 Å². The van der Waals surface area contributed by atoms with Gasteiger partial charge >= 0.3 is 5.97 Å². The van der Waals surface area contributed by atoms with Gasteiger partial charge in [-0.3, -0.25) is 4.79 Å². The summed E-state index contributed by atoms with van der Waals surface area (Å²) in [5.74, 6) is 0.798. The number of nitrogens with zero attached hydrogens (tertiary/aromatic N) is 4. The molecule has 1 aliphatic rings. The maximum absolute atomic E-state index is 12.4. The van der Waals surface area contributed by atoms with Crippen LogP contribution in [-0.4, -0.2) is 32.3 Å². The van der Waals surface area contributed by atoms with Gasteiger partial charge in [0.25, 0.3) is 5.78 Å². The molecule has 0 saturated heterocycles. The first-order valence-corrected chi connectivity index (χ1v) is 8.74. The maximum Gasteiger partial charge on any atom is 0.310 e. The zero-order valence-electron chi connectivity index (χ0n) is 14.9. The number of hydrogen-bond acceptors (Lipinski definition) is 7. The summed E-state index contributed by atoms with van der Waals surface area (Å²) in [6.45, 7) is 4.36. The Hall–Kier alpha value is -2.71. The summed E-state index contributed by atoms with van der Waals surface area (Å²) in [6, 6.07) is 3.52. The third-order valence-corrected chi connectivity index (χ3v) is 4.67. The molecule has 2 aromatic heterocycles. The van der Waals surface area contributed by atoms with Gasteiger partial charge in [-0.1, -0.05) is 11.6 Å². The van der Waals surface area contributed by atoms with E-state index >= 15 is 0 Å². The molecule has 0 aliphatic carbocycles. The molecule has 4 rings (SSSR count). The molecule has 1 aromatic carbocycles. The highest BCUT2D eigenvalue weighted by Gasteiger charge is 2.19. The number of carbonyl (C=O) groups is 1. The highest BCUT2D eigenvalue weighted by molar-refractivity contribution is 6.30. The molecule has 0 saturated carbocycles. The number of esters is 1. The quantitative estimate of drug-likeness (QED) is 0.634. The fourth-order valence-corrected chi connectivity index (χ4v) is 3.39. The van der Waals surface area contributed by atoms with Crippen LogP contribution in [0.15, 0.2) is 18.5 Å². The molecule has 0 N–H and O–H groups in total. The van der Waals surface area contributed by atoms with Crippen molar-refractivity contribution >= 4 is 23.3 Å². The summed E-state index contributed by atoms with van der Waals surface area (Å²) in [5, 5.41) is 4.67. The smallest absolute Gasteiger partial charge is 0.310 e. The topological polar surface area (TPSA) is 87.8 Å². The van der Waals surface area contributed by atoms with Crippen LogP contribution in [0.4, 0.5) is 0 Å². The standard InChI is InChI=1S/C18H17ClN4O4/c1-10-15(11(2)23-18(22-10)20-8-21-23)5-16(24)26-7-13-4-14(19)3-12-6-25-9-27-17(12)13/h3-4,8H,5-7,9H2,1-2H3. The van der Waals surface area contributed by atoms with E-state index in [9.17, 15) is 4.79 Å². The minimum absolute atomic E-state index is 0.0683. The van der Waals surface area contributed by atoms with Crippen LogP contribution in [0.2, 0.25) is 5.02 Å². The number of benzene rings is 1. The van der Waals surface area contributed by atoms with Crippen molar-refractivity contribution in [2.75, 3.05) is 6.79 Å². The summed E-state index contributed by atoms with van der Waals surface area (Å²) in [5.41, 5.74) is 3.87. The van der Waals surface area contributed by atoms with E-state index in [1.54, 1.807) is 16.6 Å². The van der Waals surface area contributed by atoms with Crippen molar-refractivity contribution in [1.82, 2.24) is 19.6 Å². The predicted octanol–water partition coefficient (Wildman–Crippen LogP) is 2.55. The van der Waals surface area contributed by atoms with Crippen molar-refractivity contribution in [3.05, 3.63) is 51.6 Å². The van der Waals surface area contributed by atoms with E-state index in [2.05, 4.69) is 15.1 Å². The van der Waals surface area contributed by atoms with Gasteiger partial charge in [-0.2, -0.15) is 10.1 Å². The van der Waals surface area contributed by atoms with Crippen LogP contribution in [0.25, 0.3) is 5.78 Å². The van der Waals surface area contributed by atoms with Crippen LogP contribution >= 0.6 is 11.6 Å². The van der Waals surface area contributed by atoms with Gasteiger partial charge in [0.1, 0.15) is 18.7 Å². The van der Waals surface area contributed by atoms with E-state index in [0.29, 0.717) is 28.7 Å². The van der Waals surface area contributed by atoms with E-state index in [1.807, 2.05) is 13.8 Å². The summed E-state index contributed by atoms with van der Waals surface area (Å²) in [6.07, 6.45) is 1.52. The molecule has 0 radical (unpaired) electrons. The number of aromatic nitrogens is 4. The second kappa shape index (κ2) is 7.13. The normalized spacial score (nSPS) is 13.3. The maximum atomic E-state index is 12.4. The van der Waals surface area contributed by atoms with Gasteiger partial charge in [-0.15, -0.1) is 0 Å². The van der Waals surface area contributed by atoms with Gasteiger partial charge in [0, 0.05) is 33.1 Å². The zero-order chi connectivity index (χ0) is 19.0. The molecule has 1 aliphatic heterocycles. The molecule has 3 aromatic rings. The number of hydrogen-bond donors (Lipinski definition) is 0. The lowest BCUT2D eigenvalue weighted by atomic mass is 10.1. The van der Waals surface area contributed by atoms with E-state index in [-0.39, 0.29) is 25.8 Å². The van der Waals surface area contributed by atoms with E-state index in [0.717, 1.165) is 22.5 Å². The highest BCUT2D eigenvalue weighted by Crippen LogP contribution is 2.32. The number of rotatable bonds is 4. The lowest BCUT2D eigenvalue weighted by molar-refractivity contribution is -0.144. The van der Waals surface area contributed by atoms with Crippen molar-refractivity contribution < 1.29 is 19.0 Å². The minimum Gasteiger partial charge on any atom is -0.467 e. The van der Waals surface area contributed by atoms with Crippen LogP contribution in [0.5, 0.6) is 5.75 Å². The Kier molecular flexibility index (Phi) is 4.67. The average Bonchev–Trinajstić information content (AvgIpc) is 3.11. The molecule has 0 unspecified atom stereocenters. The van der Waals surface area contributed by atoms with E-state index in [4.69, 9.17) is 25.8 Å². The van der Waals surface area contributed by atoms with Gasteiger partial charge in [0.05, 0.1) is 13.0 Å². The van der Waals surface area contributed by atoms with Crippen molar-refractivity contribution in [1.29, 1.82) is 0 Å². The lowest BCUT2D eigenvalue weighted by Crippen LogP contribution is -2.16. The Bertz CT molecular complexity index is 1030. The van der Waals surface area contributed by atoms with Gasteiger partial charge in [-0.05, 0) is 26.0 Å². The molecule has 9 heteroatoms. The van der Waals surface area contributed by atoms with Crippen molar-refractivity contribution in [3.63, 3.8) is 0 Å². The largest absolute Gasteiger partial charge is 0.467 e. The fourth-order valence-electron chi connectivity index (χ4n) is 3.13. The zero-order valence-corrected chi connectivity index (χ0v) is 15.6. The van der Waals surface area contributed by atoms with Gasteiger partial charge < -0.3 is 14.2 Å². The number of ether oxygens (including phenoxy) is 3. The Balaban J connectivity index is 1.51. The number of carbonyl (C=O) groups excluding carboxylic acids is 1. The molecule has 0 amide bonds. The molecule has 27 heavy (non-hydrogen) atoms. The Morgan fingerprint density at radius 2 is 2.22 bits per heavy atom. The second-order valence-corrected chi connectivity index (χ2v) is 6.67. The monoisotopic (exact) mass is 388 g/mol. The fraction of sp³-hybridized carbons (Fsp3) is 0.333. The summed E-state index contributed by atoms with van der Waals surface area (Å²) in [7, 11) is 0. The van der Waals surface area contributed by atoms with Crippen LogP contribution in [0.1, 0.15) is 28.1 Å². The Morgan fingerprint density at radius 1 is 1.37 bits per heavy atom. The SMILES string of the molecule is Cc1nc2ncnn2c(C)c1CC(=O)OCc1cc(Cl)cc2c1OCOC2. The second-order valence-electron chi connectivity index (χ2n) is 6.23. The van der Waals surface area contributed by atoms with Crippen LogP contribution < -0.4 is 4.74 Å². The highest BCUT2D eigenvalue weighted by atomic mass is 35.5. The summed E-state index contributed by atoms with van der Waals surface area (Å²) in [4.78, 5) is 20.9. The third-order valence-electron chi connectivity index (χ3n) is 4.45. The van der Waals surface area contributed by atoms with Crippen LogP contribution in [0, 0.1) is 13.8 Å². The predicted molar refractivity (Wildman–Crippen MR) is 95.5 cm³/mol. The molecular formula is C18H17ClN4O4. The first-order valence-electron chi connectivity index (χ1n) is 8.36. The van der Waals surface area contributed by atoms with Gasteiger partial charge in [0.2, 0.25) is 0 Å². The molecular weight excluding hydrogens is 372 g/mol. The third kappa shape index (κ3) is 3.45. The number of fused-ring (bicyclic) bond motifs is 2. The Morgan fingerprint density at radius 3 is 3.07 bits per heavy atom. The lowest BCUT2D eigenvalue weighted by Gasteiger charge is -2.21. The minimum atomic E-state index is -0.372. The molecule has 0 spiro atoms. The first-order chi connectivity index (χ1) is 13.0. The average molecular weight is 389 g/mol. The summed E-state index contributed by atoms with van der Waals surface area (Å²) >= 11 is 6.14. The van der Waals surface area contributed by atoms with E-state index in [1.165, 1.54) is 6.33 Å². The van der Waals surface area contributed by atoms with Crippen LogP contribution in [-0.2, 0) is 33.9 Å². The van der Waals surface area contributed by atoms with Gasteiger partial charge in [-0.25, -0.2) is 9.50 Å². The number of halogens is 1. The summed E-state index contributed by atoms with van der Waals surface area (Å²) < 4.78 is 17.9. The Labute approximate surface area is 160 Å². The van der Waals surface area contributed by atoms with Crippen molar-refractivity contribution in [3.8, 4) is 5.75 Å². The molecule has 0 fully saturated rings. The molecule has 140 valence electrons. The molecule has 0 bridgehead atoms. The molecule has 8 nitrogen and oxygen atoms in total.